The van der Waals surface area contributed by atoms with Gasteiger partial charge in [0.1, 0.15) is 17.9 Å². The molecule has 0 radical (unpaired) electrons. The van der Waals surface area contributed by atoms with Gasteiger partial charge in [-0.15, -0.1) is 0 Å². The van der Waals surface area contributed by atoms with Crippen LogP contribution in [0.4, 0.5) is 5.69 Å². The minimum Gasteiger partial charge on any atom is -0.390 e. The normalized spacial score (nSPS) is 42.9. The summed E-state index contributed by atoms with van der Waals surface area (Å²) in [5.74, 6) is -0.745. The van der Waals surface area contributed by atoms with Crippen LogP contribution >= 0.6 is 23.2 Å². The zero-order valence-electron chi connectivity index (χ0n) is 13.9. The second kappa shape index (κ2) is 5.12. The second-order valence-corrected chi connectivity index (χ2v) is 8.52. The van der Waals surface area contributed by atoms with Crippen LogP contribution in [-0.2, 0) is 14.3 Å². The summed E-state index contributed by atoms with van der Waals surface area (Å²) in [5, 5.41) is 20.2. The summed E-state index contributed by atoms with van der Waals surface area (Å²) in [6.45, 7) is 2.29. The Morgan fingerprint density at radius 1 is 1.38 bits per heavy atom. The van der Waals surface area contributed by atoms with Gasteiger partial charge in [0.25, 0.3) is 0 Å². The number of aliphatic hydroxyl groups excluding tert-OH is 1. The molecule has 136 valence electrons. The quantitative estimate of drug-likeness (QED) is 0.790. The molecular formula is C18H16Cl2N2O4. The van der Waals surface area contributed by atoms with E-state index in [1.807, 2.05) is 13.0 Å². The lowest BCUT2D eigenvalue weighted by Gasteiger charge is -2.43. The Hall–Kier alpha value is -1.36. The van der Waals surface area contributed by atoms with Crippen LogP contribution in [0.5, 0.6) is 0 Å². The summed E-state index contributed by atoms with van der Waals surface area (Å²) >= 11 is 12.4. The van der Waals surface area contributed by atoms with Crippen molar-refractivity contribution in [3.8, 4) is 6.07 Å². The zero-order chi connectivity index (χ0) is 18.4. The van der Waals surface area contributed by atoms with Gasteiger partial charge in [-0.25, -0.2) is 0 Å². The molecule has 1 spiro atoms. The summed E-state index contributed by atoms with van der Waals surface area (Å²) in [6.07, 6.45) is -0.147. The lowest BCUT2D eigenvalue weighted by Crippen LogP contribution is -2.56. The highest BCUT2D eigenvalue weighted by molar-refractivity contribution is 6.37. The molecule has 8 heteroatoms. The van der Waals surface area contributed by atoms with Gasteiger partial charge >= 0.3 is 0 Å². The van der Waals surface area contributed by atoms with Crippen LogP contribution in [0.2, 0.25) is 10.0 Å². The molecule has 2 bridgehead atoms. The van der Waals surface area contributed by atoms with Gasteiger partial charge in [0, 0.05) is 18.5 Å². The first kappa shape index (κ1) is 16.8. The molecule has 6 atom stereocenters. The monoisotopic (exact) mass is 394 g/mol. The van der Waals surface area contributed by atoms with Crippen molar-refractivity contribution in [3.05, 3.63) is 27.7 Å². The van der Waals surface area contributed by atoms with Crippen molar-refractivity contribution in [1.82, 2.24) is 0 Å². The predicted molar refractivity (Wildman–Crippen MR) is 92.8 cm³/mol. The summed E-state index contributed by atoms with van der Waals surface area (Å²) < 4.78 is 12.2. The van der Waals surface area contributed by atoms with Crippen molar-refractivity contribution < 1.29 is 19.4 Å². The van der Waals surface area contributed by atoms with E-state index in [0.29, 0.717) is 25.1 Å². The molecule has 1 N–H and O–H groups in total. The number of ether oxygens (including phenoxy) is 2. The van der Waals surface area contributed by atoms with Crippen molar-refractivity contribution in [3.63, 3.8) is 0 Å². The van der Waals surface area contributed by atoms with E-state index in [1.165, 1.54) is 0 Å². The molecule has 6 nitrogen and oxygen atoms in total. The van der Waals surface area contributed by atoms with Gasteiger partial charge < -0.3 is 14.6 Å². The van der Waals surface area contributed by atoms with Gasteiger partial charge in [-0.3, -0.25) is 9.69 Å². The van der Waals surface area contributed by atoms with Crippen LogP contribution in [-0.4, -0.2) is 41.2 Å². The summed E-state index contributed by atoms with van der Waals surface area (Å²) in [4.78, 5) is 14.9. The average Bonchev–Trinajstić information content (AvgIpc) is 3.11. The molecule has 0 aromatic heterocycles. The molecule has 4 aliphatic rings. The van der Waals surface area contributed by atoms with Gasteiger partial charge in [-0.1, -0.05) is 23.2 Å². The summed E-state index contributed by atoms with van der Waals surface area (Å²) in [6, 6.07) is 5.09. The Labute approximate surface area is 160 Å². The van der Waals surface area contributed by atoms with E-state index in [2.05, 4.69) is 0 Å². The minimum absolute atomic E-state index is 0.116. The first-order valence-electron chi connectivity index (χ1n) is 8.54. The number of rotatable bonds is 1. The van der Waals surface area contributed by atoms with E-state index in [1.54, 1.807) is 17.0 Å². The zero-order valence-corrected chi connectivity index (χ0v) is 15.4. The van der Waals surface area contributed by atoms with Gasteiger partial charge in [0.05, 0.1) is 45.8 Å². The number of hydrogen-bond acceptors (Lipinski definition) is 5. The Bertz CT molecular complexity index is 863. The third-order valence-electron chi connectivity index (χ3n) is 6.43. The number of hydrogen-bond donors (Lipinski definition) is 1. The fourth-order valence-electron chi connectivity index (χ4n) is 5.48. The van der Waals surface area contributed by atoms with Gasteiger partial charge in [-0.2, -0.15) is 5.26 Å². The number of nitrogens with zero attached hydrogens (tertiary/aromatic N) is 2. The van der Waals surface area contributed by atoms with E-state index in [-0.39, 0.29) is 33.4 Å². The average molecular weight is 395 g/mol. The molecule has 26 heavy (non-hydrogen) atoms. The number of nitriles is 1. The summed E-state index contributed by atoms with van der Waals surface area (Å²) in [7, 11) is 0. The SMILES string of the molecule is C[C@@]12C[C@H](O)[C@]3(CCO[C@H]4[C@@H]3[C@@H]1C(=O)N4c1cc(Cl)c(C#N)c(Cl)c1)O2. The molecular weight excluding hydrogens is 379 g/mol. The molecule has 0 saturated carbocycles. The highest BCUT2D eigenvalue weighted by Gasteiger charge is 2.78. The van der Waals surface area contributed by atoms with E-state index >= 15 is 0 Å². The van der Waals surface area contributed by atoms with Crippen LogP contribution in [0, 0.1) is 23.2 Å². The number of fused-ring (bicyclic) bond motifs is 2. The highest BCUT2D eigenvalue weighted by Crippen LogP contribution is 2.65. The molecule has 4 saturated heterocycles. The number of anilines is 1. The Morgan fingerprint density at radius 2 is 2.08 bits per heavy atom. The minimum atomic E-state index is -0.743. The molecule has 5 rings (SSSR count). The molecule has 1 aromatic rings. The maximum Gasteiger partial charge on any atom is 0.235 e. The molecule has 4 fully saturated rings. The number of carbonyl (C=O) groups excluding carboxylic acids is 1. The van der Waals surface area contributed by atoms with Crippen LogP contribution < -0.4 is 4.90 Å². The topological polar surface area (TPSA) is 82.8 Å². The molecule has 0 unspecified atom stereocenters. The van der Waals surface area contributed by atoms with Gasteiger partial charge in [0.2, 0.25) is 5.91 Å². The van der Waals surface area contributed by atoms with E-state index in [0.717, 1.165) is 0 Å². The Kier molecular flexibility index (Phi) is 3.31. The van der Waals surface area contributed by atoms with E-state index in [9.17, 15) is 9.90 Å². The molecule has 1 aromatic carbocycles. The van der Waals surface area contributed by atoms with Crippen LogP contribution in [0.3, 0.4) is 0 Å². The molecule has 4 aliphatic heterocycles. The Morgan fingerprint density at radius 3 is 2.73 bits per heavy atom. The van der Waals surface area contributed by atoms with Gasteiger partial charge in [0.15, 0.2) is 0 Å². The van der Waals surface area contributed by atoms with Crippen molar-refractivity contribution in [2.75, 3.05) is 11.5 Å². The lowest BCUT2D eigenvalue weighted by atomic mass is 9.65. The van der Waals surface area contributed by atoms with Gasteiger partial charge in [-0.05, 0) is 19.1 Å². The highest BCUT2D eigenvalue weighted by atomic mass is 35.5. The molecule has 4 heterocycles. The first-order chi connectivity index (χ1) is 12.3. The van der Waals surface area contributed by atoms with Crippen molar-refractivity contribution in [2.45, 2.75) is 43.3 Å². The standard InChI is InChI=1S/C18H16Cl2N2O4/c1-17-6-12(23)18(26-17)2-3-25-16-14(18)13(17)15(24)22(16)8-4-10(19)9(7-21)11(20)5-8/h4-5,12-14,16,23H,2-3,6H2,1H3/t12-,13+,14-,16-,17+,18-/m0/s1. The molecule has 1 amide bonds. The Balaban J connectivity index is 1.64. The third-order valence-corrected chi connectivity index (χ3v) is 7.03. The largest absolute Gasteiger partial charge is 0.390 e. The molecule has 0 aliphatic carbocycles. The lowest BCUT2D eigenvalue weighted by molar-refractivity contribution is -0.163. The first-order valence-corrected chi connectivity index (χ1v) is 9.30. The van der Waals surface area contributed by atoms with Crippen LogP contribution in [0.25, 0.3) is 0 Å². The maximum atomic E-state index is 13.3. The third kappa shape index (κ3) is 1.81. The van der Waals surface area contributed by atoms with Crippen LogP contribution in [0.1, 0.15) is 25.3 Å². The number of aliphatic hydroxyl groups is 1. The smallest absolute Gasteiger partial charge is 0.235 e. The van der Waals surface area contributed by atoms with Crippen LogP contribution in [0.15, 0.2) is 12.1 Å². The van der Waals surface area contributed by atoms with Crippen molar-refractivity contribution in [1.29, 1.82) is 5.26 Å². The number of benzene rings is 1. The number of halogens is 2. The van der Waals surface area contributed by atoms with E-state index in [4.69, 9.17) is 37.9 Å². The summed E-state index contributed by atoms with van der Waals surface area (Å²) in [5.41, 5.74) is -0.775. The van der Waals surface area contributed by atoms with Crippen molar-refractivity contribution >= 4 is 34.8 Å². The fourth-order valence-corrected chi connectivity index (χ4v) is 6.04. The van der Waals surface area contributed by atoms with Crippen molar-refractivity contribution in [2.24, 2.45) is 11.8 Å². The second-order valence-electron chi connectivity index (χ2n) is 7.71. The fraction of sp³-hybridized carbons (Fsp3) is 0.556. The maximum absolute atomic E-state index is 13.3. The number of carbonyl (C=O) groups is 1. The predicted octanol–water partition coefficient (Wildman–Crippen LogP) is 2.48. The van der Waals surface area contributed by atoms with E-state index < -0.39 is 23.5 Å². The number of amides is 1.